The predicted octanol–water partition coefficient (Wildman–Crippen LogP) is 2.24. The average molecular weight is 368 g/mol. The number of hydrogen-bond donors (Lipinski definition) is 1. The van der Waals surface area contributed by atoms with Crippen molar-refractivity contribution in [1.29, 1.82) is 5.26 Å². The van der Waals surface area contributed by atoms with Crippen LogP contribution in [0, 0.1) is 11.3 Å². The van der Waals surface area contributed by atoms with Crippen LogP contribution in [-0.2, 0) is 14.3 Å². The number of fused-ring (bicyclic) bond motifs is 1. The van der Waals surface area contributed by atoms with E-state index in [1.54, 1.807) is 42.5 Å². The molecule has 8 nitrogen and oxygen atoms in total. The zero-order valence-corrected chi connectivity index (χ0v) is 14.4. The summed E-state index contributed by atoms with van der Waals surface area (Å²) in [5.41, 5.74) is 0.797. The fourth-order valence-electron chi connectivity index (χ4n) is 2.32. The summed E-state index contributed by atoms with van der Waals surface area (Å²) in [6, 6.07) is 13.4. The maximum atomic E-state index is 12.2. The van der Waals surface area contributed by atoms with Gasteiger partial charge < -0.3 is 24.3 Å². The van der Waals surface area contributed by atoms with Gasteiger partial charge >= 0.3 is 5.97 Å². The lowest BCUT2D eigenvalue weighted by atomic mass is 10.2. The number of nitriles is 1. The number of nitrogens with zero attached hydrogens (tertiary/aromatic N) is 1. The van der Waals surface area contributed by atoms with Gasteiger partial charge in [0.05, 0.1) is 5.56 Å². The lowest BCUT2D eigenvalue weighted by molar-refractivity contribution is -0.155. The van der Waals surface area contributed by atoms with Gasteiger partial charge in [0.15, 0.2) is 24.2 Å². The molecule has 0 aliphatic carbocycles. The van der Waals surface area contributed by atoms with Crippen molar-refractivity contribution in [3.05, 3.63) is 48.0 Å². The van der Waals surface area contributed by atoms with Crippen LogP contribution in [0.15, 0.2) is 42.5 Å². The molecule has 138 valence electrons. The molecule has 2 aromatic carbocycles. The van der Waals surface area contributed by atoms with Crippen LogP contribution in [0.3, 0.4) is 0 Å². The van der Waals surface area contributed by atoms with Gasteiger partial charge in [-0.15, -0.1) is 0 Å². The van der Waals surface area contributed by atoms with Gasteiger partial charge in [-0.3, -0.25) is 4.79 Å². The lowest BCUT2D eigenvalue weighted by Crippen LogP contribution is -2.31. The highest BCUT2D eigenvalue weighted by molar-refractivity contribution is 5.95. The molecule has 8 heteroatoms. The van der Waals surface area contributed by atoms with E-state index >= 15 is 0 Å². The minimum Gasteiger partial charge on any atom is -0.481 e. The zero-order valence-electron chi connectivity index (χ0n) is 14.4. The van der Waals surface area contributed by atoms with Crippen molar-refractivity contribution < 1.29 is 28.5 Å². The van der Waals surface area contributed by atoms with Gasteiger partial charge in [-0.05, 0) is 31.2 Å². The van der Waals surface area contributed by atoms with E-state index in [1.807, 2.05) is 6.07 Å². The Morgan fingerprint density at radius 3 is 2.81 bits per heavy atom. The first kappa shape index (κ1) is 18.1. The Hall–Kier alpha value is -3.73. The first-order valence-electron chi connectivity index (χ1n) is 8.09. The molecular weight excluding hydrogens is 352 g/mol. The maximum absolute atomic E-state index is 12.2. The van der Waals surface area contributed by atoms with E-state index < -0.39 is 24.6 Å². The topological polar surface area (TPSA) is 107 Å². The second-order valence-electron chi connectivity index (χ2n) is 5.59. The third-order valence-electron chi connectivity index (χ3n) is 3.67. The van der Waals surface area contributed by atoms with Crippen LogP contribution in [-0.4, -0.2) is 31.4 Å². The molecular formula is C19H16N2O6. The van der Waals surface area contributed by atoms with Crippen molar-refractivity contribution in [2.75, 3.05) is 18.7 Å². The van der Waals surface area contributed by atoms with Crippen LogP contribution < -0.4 is 19.5 Å². The molecule has 0 fully saturated rings. The van der Waals surface area contributed by atoms with E-state index in [2.05, 4.69) is 5.32 Å². The third kappa shape index (κ3) is 4.46. The smallest absolute Gasteiger partial charge is 0.344 e. The molecule has 2 aromatic rings. The highest BCUT2D eigenvalue weighted by Gasteiger charge is 2.20. The Kier molecular flexibility index (Phi) is 5.42. The second kappa shape index (κ2) is 8.10. The van der Waals surface area contributed by atoms with Crippen molar-refractivity contribution >= 4 is 17.6 Å². The molecule has 0 aromatic heterocycles. The SMILES string of the molecule is C[C@@H](OC(=O)COc1ccccc1C#N)C(=O)Nc1ccc2c(c1)OCO2. The molecule has 1 amide bonds. The quantitative estimate of drug-likeness (QED) is 0.779. The molecule has 0 unspecified atom stereocenters. The van der Waals surface area contributed by atoms with Gasteiger partial charge in [-0.1, -0.05) is 12.1 Å². The highest BCUT2D eigenvalue weighted by atomic mass is 16.7. The maximum Gasteiger partial charge on any atom is 0.344 e. The standard InChI is InChI=1S/C19H16N2O6/c1-12(19(23)21-14-6-7-16-17(8-14)26-11-25-16)27-18(22)10-24-15-5-3-2-4-13(15)9-20/h2-8,12H,10-11H2,1H3,(H,21,23)/t12-/m1/s1. The van der Waals surface area contributed by atoms with E-state index in [0.29, 0.717) is 22.7 Å². The first-order chi connectivity index (χ1) is 13.1. The van der Waals surface area contributed by atoms with Crippen LogP contribution in [0.4, 0.5) is 5.69 Å². The molecule has 3 rings (SSSR count). The minimum atomic E-state index is -1.03. The summed E-state index contributed by atoms with van der Waals surface area (Å²) in [6.07, 6.45) is -1.03. The molecule has 1 atom stereocenters. The Labute approximate surface area is 155 Å². The van der Waals surface area contributed by atoms with Gasteiger partial charge in [-0.25, -0.2) is 4.79 Å². The molecule has 1 heterocycles. The van der Waals surface area contributed by atoms with Crippen molar-refractivity contribution in [3.8, 4) is 23.3 Å². The van der Waals surface area contributed by atoms with Gasteiger partial charge in [0.25, 0.3) is 5.91 Å². The Bertz CT molecular complexity index is 905. The van der Waals surface area contributed by atoms with Crippen molar-refractivity contribution in [3.63, 3.8) is 0 Å². The molecule has 1 aliphatic heterocycles. The second-order valence-corrected chi connectivity index (χ2v) is 5.59. The number of anilines is 1. The van der Waals surface area contributed by atoms with Crippen molar-refractivity contribution in [1.82, 2.24) is 0 Å². The van der Waals surface area contributed by atoms with E-state index in [0.717, 1.165) is 0 Å². The fraction of sp³-hybridized carbons (Fsp3) is 0.211. The number of ether oxygens (including phenoxy) is 4. The molecule has 1 aliphatic rings. The summed E-state index contributed by atoms with van der Waals surface area (Å²) in [7, 11) is 0. The highest BCUT2D eigenvalue weighted by Crippen LogP contribution is 2.34. The van der Waals surface area contributed by atoms with E-state index in [1.165, 1.54) is 6.92 Å². The summed E-state index contributed by atoms with van der Waals surface area (Å²) in [5, 5.41) is 11.6. The lowest BCUT2D eigenvalue weighted by Gasteiger charge is -2.14. The van der Waals surface area contributed by atoms with Crippen LogP contribution in [0.5, 0.6) is 17.2 Å². The molecule has 0 spiro atoms. The number of para-hydroxylation sites is 1. The van der Waals surface area contributed by atoms with Crippen LogP contribution in [0.2, 0.25) is 0 Å². The number of carbonyl (C=O) groups is 2. The van der Waals surface area contributed by atoms with Gasteiger partial charge in [0.1, 0.15) is 11.8 Å². The number of hydrogen-bond acceptors (Lipinski definition) is 7. The van der Waals surface area contributed by atoms with E-state index in [4.69, 9.17) is 24.2 Å². The zero-order chi connectivity index (χ0) is 19.2. The monoisotopic (exact) mass is 368 g/mol. The van der Waals surface area contributed by atoms with Crippen LogP contribution >= 0.6 is 0 Å². The summed E-state index contributed by atoms with van der Waals surface area (Å²) in [6.45, 7) is 1.17. The first-order valence-corrected chi connectivity index (χ1v) is 8.09. The molecule has 0 saturated carbocycles. The van der Waals surface area contributed by atoms with E-state index in [9.17, 15) is 9.59 Å². The van der Waals surface area contributed by atoms with Crippen molar-refractivity contribution in [2.24, 2.45) is 0 Å². The molecule has 0 saturated heterocycles. The number of nitrogens with one attached hydrogen (secondary N) is 1. The molecule has 1 N–H and O–H groups in total. The Morgan fingerprint density at radius 1 is 1.22 bits per heavy atom. The number of benzene rings is 2. The Morgan fingerprint density at radius 2 is 2.00 bits per heavy atom. The number of carbonyl (C=O) groups excluding carboxylic acids is 2. The number of amides is 1. The number of rotatable bonds is 6. The van der Waals surface area contributed by atoms with Crippen LogP contribution in [0.1, 0.15) is 12.5 Å². The van der Waals surface area contributed by atoms with Gasteiger partial charge in [0.2, 0.25) is 6.79 Å². The van der Waals surface area contributed by atoms with Gasteiger partial charge in [-0.2, -0.15) is 5.26 Å². The third-order valence-corrected chi connectivity index (χ3v) is 3.67. The molecule has 0 radical (unpaired) electrons. The molecule has 27 heavy (non-hydrogen) atoms. The van der Waals surface area contributed by atoms with E-state index in [-0.39, 0.29) is 12.5 Å². The fourth-order valence-corrected chi connectivity index (χ4v) is 2.32. The number of esters is 1. The van der Waals surface area contributed by atoms with Crippen LogP contribution in [0.25, 0.3) is 0 Å². The van der Waals surface area contributed by atoms with Crippen molar-refractivity contribution in [2.45, 2.75) is 13.0 Å². The summed E-state index contributed by atoms with van der Waals surface area (Å²) < 4.78 is 20.8. The summed E-state index contributed by atoms with van der Waals surface area (Å²) in [5.74, 6) is 0.175. The predicted molar refractivity (Wildman–Crippen MR) is 93.4 cm³/mol. The summed E-state index contributed by atoms with van der Waals surface area (Å²) in [4.78, 5) is 24.1. The Balaban J connectivity index is 1.50. The molecule has 0 bridgehead atoms. The summed E-state index contributed by atoms with van der Waals surface area (Å²) >= 11 is 0. The minimum absolute atomic E-state index is 0.135. The average Bonchev–Trinajstić information content (AvgIpc) is 3.14. The normalized spacial score (nSPS) is 12.6. The largest absolute Gasteiger partial charge is 0.481 e. The van der Waals surface area contributed by atoms with Gasteiger partial charge in [0, 0.05) is 11.8 Å².